The van der Waals surface area contributed by atoms with Crippen LogP contribution >= 0.6 is 15.9 Å². The minimum absolute atomic E-state index is 0.105. The minimum atomic E-state index is -0.105. The maximum absolute atomic E-state index is 13.6. The van der Waals surface area contributed by atoms with E-state index >= 15 is 0 Å². The Balaban J connectivity index is 2.68. The molecule has 0 aromatic heterocycles. The normalized spacial score (nSPS) is 12.8. The van der Waals surface area contributed by atoms with Crippen LogP contribution in [-0.4, -0.2) is 13.6 Å². The van der Waals surface area contributed by atoms with E-state index in [0.717, 1.165) is 35.8 Å². The van der Waals surface area contributed by atoms with Gasteiger partial charge in [0.2, 0.25) is 0 Å². The van der Waals surface area contributed by atoms with E-state index in [0.29, 0.717) is 5.92 Å². The van der Waals surface area contributed by atoms with Crippen LogP contribution in [0.25, 0.3) is 0 Å². The van der Waals surface area contributed by atoms with Crippen LogP contribution in [0.5, 0.6) is 0 Å². The molecule has 0 bridgehead atoms. The number of rotatable bonds is 6. The fourth-order valence-corrected chi connectivity index (χ4v) is 2.30. The van der Waals surface area contributed by atoms with E-state index in [1.165, 1.54) is 6.07 Å². The Kier molecular flexibility index (Phi) is 5.99. The van der Waals surface area contributed by atoms with Gasteiger partial charge in [0, 0.05) is 4.47 Å². The van der Waals surface area contributed by atoms with Gasteiger partial charge >= 0.3 is 0 Å². The predicted octanol–water partition coefficient (Wildman–Crippen LogP) is 3.77. The highest BCUT2D eigenvalue weighted by atomic mass is 79.9. The van der Waals surface area contributed by atoms with E-state index in [1.807, 2.05) is 19.2 Å². The van der Waals surface area contributed by atoms with Gasteiger partial charge in [-0.15, -0.1) is 0 Å². The first-order valence-electron chi connectivity index (χ1n) is 5.75. The van der Waals surface area contributed by atoms with E-state index in [9.17, 15) is 4.39 Å². The molecule has 0 aliphatic rings. The van der Waals surface area contributed by atoms with Crippen molar-refractivity contribution in [1.29, 1.82) is 0 Å². The molecule has 16 heavy (non-hydrogen) atoms. The molecule has 0 amide bonds. The van der Waals surface area contributed by atoms with Gasteiger partial charge in [0.1, 0.15) is 5.82 Å². The van der Waals surface area contributed by atoms with Crippen molar-refractivity contribution in [3.63, 3.8) is 0 Å². The molecule has 1 aromatic rings. The highest BCUT2D eigenvalue weighted by Crippen LogP contribution is 2.20. The number of halogens is 2. The Morgan fingerprint density at radius 2 is 2.19 bits per heavy atom. The summed E-state index contributed by atoms with van der Waals surface area (Å²) in [5.41, 5.74) is 0.817. The molecular formula is C13H19BrFN. The fraction of sp³-hybridized carbons (Fsp3) is 0.538. The summed E-state index contributed by atoms with van der Waals surface area (Å²) in [5.74, 6) is 0.414. The zero-order valence-corrected chi connectivity index (χ0v) is 11.5. The van der Waals surface area contributed by atoms with E-state index < -0.39 is 0 Å². The quantitative estimate of drug-likeness (QED) is 0.840. The topological polar surface area (TPSA) is 12.0 Å². The smallest absolute Gasteiger partial charge is 0.127 e. The summed E-state index contributed by atoms with van der Waals surface area (Å²) < 4.78 is 14.4. The monoisotopic (exact) mass is 287 g/mol. The largest absolute Gasteiger partial charge is 0.319 e. The van der Waals surface area contributed by atoms with Crippen molar-refractivity contribution in [3.8, 4) is 0 Å². The molecule has 1 rings (SSSR count). The summed E-state index contributed by atoms with van der Waals surface area (Å²) in [6.07, 6.45) is 3.09. The summed E-state index contributed by atoms with van der Waals surface area (Å²) in [5, 5.41) is 3.17. The zero-order chi connectivity index (χ0) is 12.0. The SMILES string of the molecule is CCCC(CNC)Cc1ccc(Br)cc1F. The highest BCUT2D eigenvalue weighted by molar-refractivity contribution is 9.10. The molecule has 1 atom stereocenters. The van der Waals surface area contributed by atoms with Crippen molar-refractivity contribution in [2.75, 3.05) is 13.6 Å². The zero-order valence-electron chi connectivity index (χ0n) is 9.89. The fourth-order valence-electron chi connectivity index (χ4n) is 1.97. The van der Waals surface area contributed by atoms with E-state index in [-0.39, 0.29) is 5.82 Å². The summed E-state index contributed by atoms with van der Waals surface area (Å²) in [7, 11) is 1.95. The molecule has 1 unspecified atom stereocenters. The first-order chi connectivity index (χ1) is 7.67. The van der Waals surface area contributed by atoms with Gasteiger partial charge in [0.15, 0.2) is 0 Å². The Labute approximate surface area is 106 Å². The van der Waals surface area contributed by atoms with Gasteiger partial charge in [0.05, 0.1) is 0 Å². The lowest BCUT2D eigenvalue weighted by Gasteiger charge is -2.16. The second-order valence-corrected chi connectivity index (χ2v) is 5.07. The molecule has 0 aliphatic carbocycles. The third-order valence-electron chi connectivity index (χ3n) is 2.71. The van der Waals surface area contributed by atoms with Gasteiger partial charge in [0.25, 0.3) is 0 Å². The first-order valence-corrected chi connectivity index (χ1v) is 6.55. The summed E-state index contributed by atoms with van der Waals surface area (Å²) in [6, 6.07) is 5.32. The Morgan fingerprint density at radius 3 is 2.75 bits per heavy atom. The van der Waals surface area contributed by atoms with E-state index in [4.69, 9.17) is 0 Å². The molecule has 1 aromatic carbocycles. The van der Waals surface area contributed by atoms with Gasteiger partial charge in [-0.1, -0.05) is 35.3 Å². The Hall–Kier alpha value is -0.410. The molecule has 0 saturated heterocycles. The number of hydrogen-bond donors (Lipinski definition) is 1. The lowest BCUT2D eigenvalue weighted by Crippen LogP contribution is -2.21. The van der Waals surface area contributed by atoms with Crippen LogP contribution in [0.3, 0.4) is 0 Å². The molecule has 0 radical (unpaired) electrons. The Morgan fingerprint density at radius 1 is 1.44 bits per heavy atom. The average Bonchev–Trinajstić information content (AvgIpc) is 2.23. The van der Waals surface area contributed by atoms with Gasteiger partial charge < -0.3 is 5.32 Å². The Bertz CT molecular complexity index is 322. The van der Waals surface area contributed by atoms with Crippen molar-refractivity contribution in [1.82, 2.24) is 5.32 Å². The van der Waals surface area contributed by atoms with Crippen LogP contribution in [0.2, 0.25) is 0 Å². The number of benzene rings is 1. The van der Waals surface area contributed by atoms with Crippen molar-refractivity contribution < 1.29 is 4.39 Å². The number of nitrogens with one attached hydrogen (secondary N) is 1. The second kappa shape index (κ2) is 7.02. The maximum atomic E-state index is 13.6. The molecule has 1 N–H and O–H groups in total. The summed E-state index contributed by atoms with van der Waals surface area (Å²) in [4.78, 5) is 0. The van der Waals surface area contributed by atoms with Crippen LogP contribution in [-0.2, 0) is 6.42 Å². The van der Waals surface area contributed by atoms with Gasteiger partial charge in [-0.2, -0.15) is 0 Å². The lowest BCUT2D eigenvalue weighted by molar-refractivity contribution is 0.446. The van der Waals surface area contributed by atoms with Gasteiger partial charge in [-0.05, 0) is 50.0 Å². The standard InChI is InChI=1S/C13H19BrFN/c1-3-4-10(9-16-2)7-11-5-6-12(14)8-13(11)15/h5-6,8,10,16H,3-4,7,9H2,1-2H3. The molecule has 0 saturated carbocycles. The van der Waals surface area contributed by atoms with Crippen LogP contribution in [0.4, 0.5) is 4.39 Å². The van der Waals surface area contributed by atoms with Crippen LogP contribution in [0, 0.1) is 11.7 Å². The molecule has 0 aliphatic heterocycles. The molecule has 0 spiro atoms. The second-order valence-electron chi connectivity index (χ2n) is 4.15. The van der Waals surface area contributed by atoms with Crippen molar-refractivity contribution in [3.05, 3.63) is 34.1 Å². The van der Waals surface area contributed by atoms with Crippen molar-refractivity contribution in [2.24, 2.45) is 5.92 Å². The molecule has 0 fully saturated rings. The van der Waals surface area contributed by atoms with Crippen molar-refractivity contribution in [2.45, 2.75) is 26.2 Å². The van der Waals surface area contributed by atoms with Crippen molar-refractivity contribution >= 4 is 15.9 Å². The molecule has 90 valence electrons. The van der Waals surface area contributed by atoms with Gasteiger partial charge in [-0.25, -0.2) is 4.39 Å². The third-order valence-corrected chi connectivity index (χ3v) is 3.21. The molecule has 1 nitrogen and oxygen atoms in total. The number of hydrogen-bond acceptors (Lipinski definition) is 1. The van der Waals surface area contributed by atoms with Gasteiger partial charge in [-0.3, -0.25) is 0 Å². The van der Waals surface area contributed by atoms with Crippen LogP contribution in [0.15, 0.2) is 22.7 Å². The first kappa shape index (κ1) is 13.7. The maximum Gasteiger partial charge on any atom is 0.127 e. The van der Waals surface area contributed by atoms with E-state index in [2.05, 4.69) is 28.2 Å². The molecular weight excluding hydrogens is 269 g/mol. The summed E-state index contributed by atoms with van der Waals surface area (Å²) >= 11 is 3.27. The third kappa shape index (κ3) is 4.22. The predicted molar refractivity (Wildman–Crippen MR) is 70.1 cm³/mol. The average molecular weight is 288 g/mol. The van der Waals surface area contributed by atoms with E-state index in [1.54, 1.807) is 0 Å². The molecule has 0 heterocycles. The lowest BCUT2D eigenvalue weighted by atomic mass is 9.95. The highest BCUT2D eigenvalue weighted by Gasteiger charge is 2.11. The van der Waals surface area contributed by atoms with Crippen LogP contribution < -0.4 is 5.32 Å². The minimum Gasteiger partial charge on any atom is -0.319 e. The van der Waals surface area contributed by atoms with Crippen LogP contribution in [0.1, 0.15) is 25.3 Å². The molecule has 3 heteroatoms. The summed E-state index contributed by atoms with van der Waals surface area (Å²) in [6.45, 7) is 3.12.